The van der Waals surface area contributed by atoms with E-state index in [9.17, 15) is 4.79 Å². The van der Waals surface area contributed by atoms with Gasteiger partial charge in [0, 0.05) is 25.3 Å². The Morgan fingerprint density at radius 2 is 1.52 bits per heavy atom. The molecule has 1 heterocycles. The Balaban J connectivity index is 1.57. The molecule has 1 aliphatic rings. The maximum absolute atomic E-state index is 12.4. The molecule has 0 atom stereocenters. The highest BCUT2D eigenvalue weighted by atomic mass is 16.7. The van der Waals surface area contributed by atoms with Crippen molar-refractivity contribution in [3.8, 4) is 0 Å². The number of amides is 1. The Morgan fingerprint density at radius 1 is 0.960 bits per heavy atom. The van der Waals surface area contributed by atoms with Crippen LogP contribution in [-0.4, -0.2) is 32.0 Å². The Kier molecular flexibility index (Phi) is 6.60. The summed E-state index contributed by atoms with van der Waals surface area (Å²) in [5, 5.41) is 3.00. The van der Waals surface area contributed by atoms with Crippen LogP contribution < -0.4 is 5.32 Å². The van der Waals surface area contributed by atoms with E-state index in [2.05, 4.69) is 29.6 Å². The summed E-state index contributed by atoms with van der Waals surface area (Å²) >= 11 is 0. The van der Waals surface area contributed by atoms with Gasteiger partial charge in [-0.1, -0.05) is 60.7 Å². The Labute approximate surface area is 149 Å². The summed E-state index contributed by atoms with van der Waals surface area (Å²) in [6, 6.07) is 20.4. The third-order valence-corrected chi connectivity index (χ3v) is 4.39. The average molecular weight is 339 g/mol. The van der Waals surface area contributed by atoms with E-state index >= 15 is 0 Å². The van der Waals surface area contributed by atoms with Gasteiger partial charge in [0.05, 0.1) is 13.2 Å². The summed E-state index contributed by atoms with van der Waals surface area (Å²) in [5.74, 6) is 0.109. The summed E-state index contributed by atoms with van der Waals surface area (Å²) in [6.07, 6.45) is 1.87. The second kappa shape index (κ2) is 9.35. The van der Waals surface area contributed by atoms with Crippen LogP contribution in [0, 0.1) is 0 Å². The second-order valence-electron chi connectivity index (χ2n) is 6.24. The van der Waals surface area contributed by atoms with Crippen molar-refractivity contribution < 1.29 is 14.3 Å². The molecule has 0 aromatic heterocycles. The van der Waals surface area contributed by atoms with Crippen molar-refractivity contribution in [3.63, 3.8) is 0 Å². The number of nitrogens with one attached hydrogen (secondary N) is 1. The lowest BCUT2D eigenvalue weighted by Gasteiger charge is -2.23. The van der Waals surface area contributed by atoms with Crippen molar-refractivity contribution in [3.05, 3.63) is 71.8 Å². The first-order valence-corrected chi connectivity index (χ1v) is 8.93. The maximum Gasteiger partial charge on any atom is 0.220 e. The summed E-state index contributed by atoms with van der Waals surface area (Å²) in [7, 11) is 0. The molecular formula is C21H25NO3. The fourth-order valence-electron chi connectivity index (χ4n) is 3.09. The molecule has 132 valence electrons. The lowest BCUT2D eigenvalue weighted by Crippen LogP contribution is -2.32. The molecule has 0 spiro atoms. The average Bonchev–Trinajstić information content (AvgIpc) is 2.68. The minimum atomic E-state index is -0.187. The molecule has 2 aromatic rings. The lowest BCUT2D eigenvalue weighted by atomic mass is 9.88. The molecule has 25 heavy (non-hydrogen) atoms. The van der Waals surface area contributed by atoms with Gasteiger partial charge in [-0.05, 0) is 17.5 Å². The molecule has 0 unspecified atom stereocenters. The van der Waals surface area contributed by atoms with Crippen molar-refractivity contribution in [2.24, 2.45) is 0 Å². The SMILES string of the molecule is O=C(CC(c1ccccc1)c1ccccc1)NCCC1OCCCO1. The molecule has 1 amide bonds. The van der Waals surface area contributed by atoms with E-state index < -0.39 is 0 Å². The van der Waals surface area contributed by atoms with Crippen LogP contribution in [0.15, 0.2) is 60.7 Å². The second-order valence-corrected chi connectivity index (χ2v) is 6.24. The topological polar surface area (TPSA) is 47.6 Å². The van der Waals surface area contributed by atoms with Gasteiger partial charge < -0.3 is 14.8 Å². The van der Waals surface area contributed by atoms with Crippen molar-refractivity contribution in [1.82, 2.24) is 5.32 Å². The van der Waals surface area contributed by atoms with E-state index in [0.29, 0.717) is 19.4 Å². The maximum atomic E-state index is 12.4. The van der Waals surface area contributed by atoms with E-state index in [0.717, 1.165) is 30.8 Å². The van der Waals surface area contributed by atoms with Crippen molar-refractivity contribution in [1.29, 1.82) is 0 Å². The van der Waals surface area contributed by atoms with Gasteiger partial charge in [0.15, 0.2) is 6.29 Å². The Bertz CT molecular complexity index is 599. The molecule has 1 aliphatic heterocycles. The summed E-state index contributed by atoms with van der Waals surface area (Å²) in [5.41, 5.74) is 2.31. The molecule has 1 saturated heterocycles. The number of carbonyl (C=O) groups is 1. The number of hydrogen-bond acceptors (Lipinski definition) is 3. The molecule has 4 heteroatoms. The van der Waals surface area contributed by atoms with Gasteiger partial charge in [-0.25, -0.2) is 0 Å². The normalized spacial score (nSPS) is 15.2. The molecule has 4 nitrogen and oxygen atoms in total. The van der Waals surface area contributed by atoms with Gasteiger partial charge >= 0.3 is 0 Å². The van der Waals surface area contributed by atoms with E-state index in [1.54, 1.807) is 0 Å². The van der Waals surface area contributed by atoms with E-state index in [-0.39, 0.29) is 18.1 Å². The number of hydrogen-bond donors (Lipinski definition) is 1. The van der Waals surface area contributed by atoms with Gasteiger partial charge in [0.1, 0.15) is 0 Å². The summed E-state index contributed by atoms with van der Waals surface area (Å²) in [4.78, 5) is 12.4. The molecule has 0 aliphatic carbocycles. The first-order valence-electron chi connectivity index (χ1n) is 8.93. The number of ether oxygens (including phenoxy) is 2. The Morgan fingerprint density at radius 3 is 2.08 bits per heavy atom. The van der Waals surface area contributed by atoms with Crippen LogP contribution >= 0.6 is 0 Å². The first-order chi connectivity index (χ1) is 12.3. The lowest BCUT2D eigenvalue weighted by molar-refractivity contribution is -0.180. The number of rotatable bonds is 7. The van der Waals surface area contributed by atoms with E-state index in [1.165, 1.54) is 0 Å². The van der Waals surface area contributed by atoms with E-state index in [1.807, 2.05) is 36.4 Å². The van der Waals surface area contributed by atoms with Crippen molar-refractivity contribution in [2.45, 2.75) is 31.5 Å². The molecule has 2 aromatic carbocycles. The van der Waals surface area contributed by atoms with Gasteiger partial charge in [0.2, 0.25) is 5.91 Å². The zero-order chi connectivity index (χ0) is 17.3. The third kappa shape index (κ3) is 5.41. The summed E-state index contributed by atoms with van der Waals surface area (Å²) < 4.78 is 11.0. The van der Waals surface area contributed by atoms with Crippen LogP contribution in [-0.2, 0) is 14.3 Å². The summed E-state index contributed by atoms with van der Waals surface area (Å²) in [6.45, 7) is 2.05. The zero-order valence-corrected chi connectivity index (χ0v) is 14.4. The fourth-order valence-corrected chi connectivity index (χ4v) is 3.09. The highest BCUT2D eigenvalue weighted by molar-refractivity contribution is 5.77. The monoisotopic (exact) mass is 339 g/mol. The molecule has 0 bridgehead atoms. The predicted octanol–water partition coefficient (Wildman–Crippen LogP) is 3.48. The standard InChI is InChI=1S/C21H25NO3/c23-20(22-13-12-21-24-14-7-15-25-21)16-19(17-8-3-1-4-9-17)18-10-5-2-6-11-18/h1-6,8-11,19,21H,7,12-16H2,(H,22,23). The predicted molar refractivity (Wildman–Crippen MR) is 97.3 cm³/mol. The Hall–Kier alpha value is -2.17. The molecule has 1 N–H and O–H groups in total. The molecule has 0 saturated carbocycles. The van der Waals surface area contributed by atoms with E-state index in [4.69, 9.17) is 9.47 Å². The highest BCUT2D eigenvalue weighted by Crippen LogP contribution is 2.27. The molecular weight excluding hydrogens is 314 g/mol. The van der Waals surface area contributed by atoms with Gasteiger partial charge in [0.25, 0.3) is 0 Å². The fraction of sp³-hybridized carbons (Fsp3) is 0.381. The van der Waals surface area contributed by atoms with Crippen molar-refractivity contribution >= 4 is 5.91 Å². The van der Waals surface area contributed by atoms with Crippen LogP contribution in [0.4, 0.5) is 0 Å². The zero-order valence-electron chi connectivity index (χ0n) is 14.4. The number of carbonyl (C=O) groups excluding carboxylic acids is 1. The highest BCUT2D eigenvalue weighted by Gasteiger charge is 2.19. The van der Waals surface area contributed by atoms with Crippen LogP contribution in [0.25, 0.3) is 0 Å². The first kappa shape index (κ1) is 17.6. The molecule has 0 radical (unpaired) electrons. The smallest absolute Gasteiger partial charge is 0.220 e. The van der Waals surface area contributed by atoms with Crippen LogP contribution in [0.5, 0.6) is 0 Å². The van der Waals surface area contributed by atoms with Crippen LogP contribution in [0.2, 0.25) is 0 Å². The largest absolute Gasteiger partial charge is 0.356 e. The quantitative estimate of drug-likeness (QED) is 0.840. The van der Waals surface area contributed by atoms with Crippen LogP contribution in [0.1, 0.15) is 36.3 Å². The molecule has 1 fully saturated rings. The molecule has 3 rings (SSSR count). The van der Waals surface area contributed by atoms with Gasteiger partial charge in [-0.2, -0.15) is 0 Å². The number of benzene rings is 2. The van der Waals surface area contributed by atoms with Gasteiger partial charge in [-0.3, -0.25) is 4.79 Å². The minimum absolute atomic E-state index is 0.0496. The van der Waals surface area contributed by atoms with Gasteiger partial charge in [-0.15, -0.1) is 0 Å². The third-order valence-electron chi connectivity index (χ3n) is 4.39. The van der Waals surface area contributed by atoms with Crippen LogP contribution in [0.3, 0.4) is 0 Å². The minimum Gasteiger partial charge on any atom is -0.356 e. The van der Waals surface area contributed by atoms with Crippen molar-refractivity contribution in [2.75, 3.05) is 19.8 Å².